The van der Waals surface area contributed by atoms with E-state index in [0.717, 1.165) is 10.7 Å². The molecule has 0 unspecified atom stereocenters. The van der Waals surface area contributed by atoms with E-state index in [1.54, 1.807) is 0 Å². The van der Waals surface area contributed by atoms with Gasteiger partial charge in [0.1, 0.15) is 0 Å². The molecule has 0 aliphatic carbocycles. The molecule has 0 amide bonds. The van der Waals surface area contributed by atoms with Gasteiger partial charge in [-0.2, -0.15) is 0 Å². The van der Waals surface area contributed by atoms with Crippen LogP contribution in [0.1, 0.15) is 0 Å². The number of rotatable bonds is 5. The second kappa shape index (κ2) is 7.72. The first-order valence-electron chi connectivity index (χ1n) is 9.06. The maximum absolute atomic E-state index is 6.14. The van der Waals surface area contributed by atoms with E-state index in [2.05, 4.69) is 112 Å². The van der Waals surface area contributed by atoms with E-state index in [1.165, 1.54) is 15.9 Å². The first kappa shape index (κ1) is 19.2. The van der Waals surface area contributed by atoms with Crippen LogP contribution >= 0.6 is 32.5 Å². The zero-order chi connectivity index (χ0) is 19.5. The summed E-state index contributed by atoms with van der Waals surface area (Å²) >= 11 is 10.5. The van der Waals surface area contributed by atoms with Crippen LogP contribution in [0, 0.1) is 0 Å². The molecule has 0 spiro atoms. The van der Waals surface area contributed by atoms with Gasteiger partial charge in [0.25, 0.3) is 0 Å². The van der Waals surface area contributed by atoms with Crippen LogP contribution in [0.15, 0.2) is 115 Å². The van der Waals surface area contributed by atoms with Crippen LogP contribution in [0.3, 0.4) is 0 Å². The fourth-order valence-corrected chi connectivity index (χ4v) is 10.5. The average molecular weight is 469 g/mol. The SMILES string of the molecule is Clc1ccc(NP(Br)(c2ccccc2)(c2ccccc2)c2ccccc2)cc1. The number of anilines is 1. The molecule has 0 saturated carbocycles. The molecule has 4 rings (SSSR count). The van der Waals surface area contributed by atoms with Gasteiger partial charge in [0.15, 0.2) is 0 Å². The van der Waals surface area contributed by atoms with Crippen molar-refractivity contribution in [1.82, 2.24) is 0 Å². The van der Waals surface area contributed by atoms with Gasteiger partial charge in [0, 0.05) is 0 Å². The van der Waals surface area contributed by atoms with E-state index in [9.17, 15) is 0 Å². The Balaban J connectivity index is 2.07. The van der Waals surface area contributed by atoms with Crippen molar-refractivity contribution in [1.29, 1.82) is 0 Å². The normalized spacial score (nSPS) is 12.7. The summed E-state index contributed by atoms with van der Waals surface area (Å²) in [5.41, 5.74) is -2.17. The fourth-order valence-electron chi connectivity index (χ4n) is 3.53. The van der Waals surface area contributed by atoms with Crippen molar-refractivity contribution in [2.24, 2.45) is 0 Å². The second-order valence-electron chi connectivity index (χ2n) is 6.63. The summed E-state index contributed by atoms with van der Waals surface area (Å²) in [6.45, 7) is 0. The van der Waals surface area contributed by atoms with Crippen molar-refractivity contribution < 1.29 is 0 Å². The molecular formula is C24H20BrClNP. The first-order valence-corrected chi connectivity index (χ1v) is 13.7. The Hall–Kier alpha value is -2.12. The van der Waals surface area contributed by atoms with Gasteiger partial charge < -0.3 is 0 Å². The Morgan fingerprint density at radius 1 is 0.536 bits per heavy atom. The zero-order valence-electron chi connectivity index (χ0n) is 15.2. The summed E-state index contributed by atoms with van der Waals surface area (Å²) in [7, 11) is 0. The third-order valence-corrected chi connectivity index (χ3v) is 13.9. The fraction of sp³-hybridized carbons (Fsp3) is 0. The van der Waals surface area contributed by atoms with Gasteiger partial charge in [-0.25, -0.2) is 0 Å². The summed E-state index contributed by atoms with van der Waals surface area (Å²) in [5, 5.41) is 8.28. The van der Waals surface area contributed by atoms with E-state index in [-0.39, 0.29) is 0 Å². The Morgan fingerprint density at radius 2 is 0.893 bits per heavy atom. The molecule has 140 valence electrons. The maximum atomic E-state index is 6.14. The molecule has 0 atom stereocenters. The third kappa shape index (κ3) is 3.26. The summed E-state index contributed by atoms with van der Waals surface area (Å²) in [6, 6.07) is 39.7. The van der Waals surface area contributed by atoms with Crippen molar-refractivity contribution in [3.8, 4) is 0 Å². The van der Waals surface area contributed by atoms with E-state index >= 15 is 0 Å². The van der Waals surface area contributed by atoms with E-state index < -0.39 is 5.46 Å². The van der Waals surface area contributed by atoms with Crippen LogP contribution in [-0.4, -0.2) is 0 Å². The van der Waals surface area contributed by atoms with Crippen molar-refractivity contribution in [3.05, 3.63) is 120 Å². The quantitative estimate of drug-likeness (QED) is 0.329. The number of hydrogen-bond donors (Lipinski definition) is 1. The van der Waals surface area contributed by atoms with Crippen molar-refractivity contribution >= 4 is 54.1 Å². The molecule has 1 N–H and O–H groups in total. The second-order valence-corrected chi connectivity index (χ2v) is 15.1. The van der Waals surface area contributed by atoms with Crippen LogP contribution < -0.4 is 21.0 Å². The van der Waals surface area contributed by atoms with Crippen LogP contribution in [0.4, 0.5) is 5.69 Å². The minimum absolute atomic E-state index is 0.722. The topological polar surface area (TPSA) is 12.0 Å². The van der Waals surface area contributed by atoms with E-state index in [0.29, 0.717) is 0 Å². The summed E-state index contributed by atoms with van der Waals surface area (Å²) in [4.78, 5) is 0. The van der Waals surface area contributed by atoms with Crippen LogP contribution in [0.2, 0.25) is 5.02 Å². The van der Waals surface area contributed by atoms with Crippen molar-refractivity contribution in [2.45, 2.75) is 0 Å². The number of benzene rings is 4. The Labute approximate surface area is 179 Å². The molecule has 1 nitrogen and oxygen atoms in total. The molecule has 4 heteroatoms. The van der Waals surface area contributed by atoms with Gasteiger partial charge in [-0.1, -0.05) is 0 Å². The Kier molecular flexibility index (Phi) is 5.29. The number of nitrogens with one attached hydrogen (secondary N) is 1. The molecule has 28 heavy (non-hydrogen) atoms. The molecule has 4 aromatic carbocycles. The van der Waals surface area contributed by atoms with Gasteiger partial charge in [-0.05, 0) is 0 Å². The minimum atomic E-state index is -3.18. The van der Waals surface area contributed by atoms with Crippen molar-refractivity contribution in [3.63, 3.8) is 0 Å². The zero-order valence-corrected chi connectivity index (χ0v) is 18.4. The first-order chi connectivity index (χ1) is 13.6. The standard InChI is InChI=1S/C24H20BrClNP/c25-28(22-10-4-1-5-11-22,23-12-6-2-7-13-23,24-14-8-3-9-15-24)27-21-18-16-20(26)17-19-21/h1-19,27H. The van der Waals surface area contributed by atoms with Crippen LogP contribution in [-0.2, 0) is 0 Å². The molecule has 0 fully saturated rings. The molecule has 4 aromatic rings. The summed E-state index contributed by atoms with van der Waals surface area (Å²) in [6.07, 6.45) is 0. The summed E-state index contributed by atoms with van der Waals surface area (Å²) < 4.78 is 0. The summed E-state index contributed by atoms with van der Waals surface area (Å²) in [5.74, 6) is 0. The van der Waals surface area contributed by atoms with E-state index in [1.807, 2.05) is 24.3 Å². The molecule has 0 radical (unpaired) electrons. The Bertz CT molecular complexity index is 955. The van der Waals surface area contributed by atoms with Gasteiger partial charge in [0.05, 0.1) is 0 Å². The molecule has 0 aliphatic heterocycles. The molecule has 0 bridgehead atoms. The Morgan fingerprint density at radius 3 is 1.25 bits per heavy atom. The molecule has 0 heterocycles. The number of halogens is 2. The number of hydrogen-bond acceptors (Lipinski definition) is 1. The van der Waals surface area contributed by atoms with Gasteiger partial charge in [-0.3, -0.25) is 0 Å². The average Bonchev–Trinajstić information content (AvgIpc) is 2.77. The van der Waals surface area contributed by atoms with E-state index in [4.69, 9.17) is 11.6 Å². The predicted molar refractivity (Wildman–Crippen MR) is 129 cm³/mol. The van der Waals surface area contributed by atoms with Crippen LogP contribution in [0.25, 0.3) is 0 Å². The monoisotopic (exact) mass is 467 g/mol. The van der Waals surface area contributed by atoms with Crippen LogP contribution in [0.5, 0.6) is 0 Å². The third-order valence-electron chi connectivity index (χ3n) is 4.91. The van der Waals surface area contributed by atoms with Gasteiger partial charge >= 0.3 is 180 Å². The molecule has 0 aliphatic rings. The molecular weight excluding hydrogens is 449 g/mol. The van der Waals surface area contributed by atoms with Gasteiger partial charge in [0.2, 0.25) is 0 Å². The molecule has 0 aromatic heterocycles. The predicted octanol–water partition coefficient (Wildman–Crippen LogP) is 6.51. The van der Waals surface area contributed by atoms with Gasteiger partial charge in [-0.15, -0.1) is 0 Å². The van der Waals surface area contributed by atoms with Crippen molar-refractivity contribution in [2.75, 3.05) is 5.09 Å². The molecule has 0 saturated heterocycles.